The van der Waals surface area contributed by atoms with Crippen LogP contribution < -0.4 is 25.9 Å². The molecule has 1 saturated heterocycles. The van der Waals surface area contributed by atoms with E-state index in [-0.39, 0.29) is 10.7 Å². The van der Waals surface area contributed by atoms with Crippen LogP contribution in [0.15, 0.2) is 66.2 Å². The van der Waals surface area contributed by atoms with E-state index in [2.05, 4.69) is 83.2 Å². The molecule has 0 radical (unpaired) electrons. The molecule has 2 aliphatic rings. The summed E-state index contributed by atoms with van der Waals surface area (Å²) in [6.45, 7) is 4.81. The van der Waals surface area contributed by atoms with E-state index in [1.165, 1.54) is 25.5 Å². The van der Waals surface area contributed by atoms with E-state index in [9.17, 15) is 9.59 Å². The van der Waals surface area contributed by atoms with Gasteiger partial charge in [-0.1, -0.05) is 0 Å². The fraction of sp³-hybridized carbons (Fsp3) is 0.0870. The minimum atomic E-state index is -1.80. The van der Waals surface area contributed by atoms with Gasteiger partial charge in [0.1, 0.15) is 0 Å². The molecule has 0 saturated carbocycles. The van der Waals surface area contributed by atoms with E-state index < -0.39 is 40.3 Å². The number of amides is 2. The molecule has 2 N–H and O–H groups in total. The molecule has 5 nitrogen and oxygen atoms in total. The van der Waals surface area contributed by atoms with Gasteiger partial charge in [0.05, 0.1) is 0 Å². The average molecular weight is 557 g/mol. The van der Waals surface area contributed by atoms with Gasteiger partial charge in [-0.2, -0.15) is 0 Å². The zero-order valence-corrected chi connectivity index (χ0v) is 21.1. The summed E-state index contributed by atoms with van der Waals surface area (Å²) in [5.41, 5.74) is 2.60. The van der Waals surface area contributed by atoms with Crippen molar-refractivity contribution in [3.05, 3.63) is 69.8 Å². The first-order valence-corrected chi connectivity index (χ1v) is 15.6. The summed E-state index contributed by atoms with van der Waals surface area (Å²) in [4.78, 5) is 26.8. The fourth-order valence-electron chi connectivity index (χ4n) is 4.20. The third-order valence-corrected chi connectivity index (χ3v) is 12.3. The summed E-state index contributed by atoms with van der Waals surface area (Å²) >= 11 is 4.08. The molecule has 3 aromatic rings. The van der Waals surface area contributed by atoms with Gasteiger partial charge in [-0.15, -0.1) is 0 Å². The van der Waals surface area contributed by atoms with Gasteiger partial charge in [-0.05, 0) is 0 Å². The van der Waals surface area contributed by atoms with Crippen molar-refractivity contribution in [3.63, 3.8) is 0 Å². The van der Waals surface area contributed by atoms with Crippen molar-refractivity contribution >= 4 is 89.2 Å². The number of rotatable bonds is 2. The van der Waals surface area contributed by atoms with Crippen molar-refractivity contribution in [3.8, 4) is 0 Å². The number of hydrogen-bond acceptors (Lipinski definition) is 4. The Kier molecular flexibility index (Phi) is 4.98. The van der Waals surface area contributed by atoms with Crippen LogP contribution in [0.1, 0.15) is 3.58 Å². The second kappa shape index (κ2) is 7.57. The maximum absolute atomic E-state index is 12.2. The third kappa shape index (κ3) is 3.40. The van der Waals surface area contributed by atoms with E-state index >= 15 is 0 Å². The molecule has 1 aromatic heterocycles. The Morgan fingerprint density at radius 1 is 0.871 bits per heavy atom. The minimum absolute atomic E-state index is 0.0520. The summed E-state index contributed by atoms with van der Waals surface area (Å²) in [7, 11) is -1.80. The number of fused-ring (bicyclic) bond motifs is 2. The Balaban J connectivity index is 1.61. The van der Waals surface area contributed by atoms with Gasteiger partial charge in [-0.3, -0.25) is 0 Å². The summed E-state index contributed by atoms with van der Waals surface area (Å²) in [6.07, 6.45) is 1.71. The molecule has 0 unspecified atom stereocenters. The topological polar surface area (TPSA) is 61.4 Å². The molecule has 31 heavy (non-hydrogen) atoms. The molecule has 0 bridgehead atoms. The average Bonchev–Trinajstić information content (AvgIpc) is 3.19. The van der Waals surface area contributed by atoms with Crippen molar-refractivity contribution < 1.29 is 9.59 Å². The Morgan fingerprint density at radius 2 is 1.42 bits per heavy atom. The van der Waals surface area contributed by atoms with Crippen LogP contribution in [0, 0.1) is 0 Å². The number of para-hydroxylation sites is 2. The van der Waals surface area contributed by atoms with Crippen molar-refractivity contribution in [2.45, 2.75) is 13.1 Å². The van der Waals surface area contributed by atoms with Crippen LogP contribution in [-0.2, 0) is 9.59 Å². The number of anilines is 3. The van der Waals surface area contributed by atoms with Crippen molar-refractivity contribution in [1.82, 2.24) is 10.6 Å². The summed E-state index contributed by atoms with van der Waals surface area (Å²) in [5.74, 6) is -0.894. The fourth-order valence-corrected chi connectivity index (χ4v) is 10.2. The Morgan fingerprint density at radius 3 is 2.00 bits per heavy atom. The van der Waals surface area contributed by atoms with Gasteiger partial charge in [0.2, 0.25) is 0 Å². The molecule has 5 rings (SSSR count). The Hall–Kier alpha value is -2.50. The second-order valence-corrected chi connectivity index (χ2v) is 15.8. The molecule has 0 spiro atoms. The van der Waals surface area contributed by atoms with Crippen molar-refractivity contribution in [1.29, 1.82) is 0 Å². The summed E-state index contributed by atoms with van der Waals surface area (Å²) < 4.78 is 2.28. The molecule has 2 aromatic carbocycles. The van der Waals surface area contributed by atoms with Crippen LogP contribution in [0.5, 0.6) is 0 Å². The first kappa shape index (κ1) is 20.4. The Bertz CT molecular complexity index is 1230. The molecule has 154 valence electrons. The van der Waals surface area contributed by atoms with Crippen LogP contribution in [0.3, 0.4) is 0 Å². The third-order valence-electron chi connectivity index (χ3n) is 5.70. The number of benzene rings is 2. The zero-order chi connectivity index (χ0) is 21.8. The standard InChI is InChI=1S/C23H19N3O2SSiTe/c1-30(2)18-9-5-3-7-16(18)26(17-8-4-6-10-19(17)30)20-12-11-14(31-20)13-15-21(27)24-23(29)25-22(15)28/h3-13H,1-2H3,(H2,24,25,27,28,29). The van der Waals surface area contributed by atoms with Crippen LogP contribution >= 0.6 is 12.2 Å². The molecule has 0 atom stereocenters. The normalized spacial score (nSPS) is 16.9. The van der Waals surface area contributed by atoms with E-state index in [4.69, 9.17) is 12.2 Å². The van der Waals surface area contributed by atoms with Crippen molar-refractivity contribution in [2.75, 3.05) is 4.90 Å². The number of carbonyl (C=O) groups excluding carboxylic acids is 2. The number of carbonyl (C=O) groups is 2. The van der Waals surface area contributed by atoms with Crippen LogP contribution in [-0.4, -0.2) is 45.4 Å². The molecule has 0 aliphatic carbocycles. The van der Waals surface area contributed by atoms with E-state index in [0.29, 0.717) is 0 Å². The summed E-state index contributed by atoms with van der Waals surface area (Å²) in [6, 6.07) is 21.5. The van der Waals surface area contributed by atoms with E-state index in [0.717, 1.165) is 3.58 Å². The first-order chi connectivity index (χ1) is 14.9. The van der Waals surface area contributed by atoms with E-state index in [1.54, 1.807) is 6.08 Å². The van der Waals surface area contributed by atoms with Gasteiger partial charge in [0.15, 0.2) is 0 Å². The van der Waals surface area contributed by atoms with E-state index in [1.807, 2.05) is 6.07 Å². The molecular formula is C23H19N3O2SSiTe. The molecule has 8 heteroatoms. The SMILES string of the molecule is C[Si]1(C)c2ccccc2N(c2ccc(C=C3C(=O)NC(=S)NC3=O)[te]2)c2ccccc21. The molecule has 1 fully saturated rings. The predicted octanol–water partition coefficient (Wildman–Crippen LogP) is 2.26. The van der Waals surface area contributed by atoms with Gasteiger partial charge in [0.25, 0.3) is 0 Å². The number of nitrogens with zero attached hydrogens (tertiary/aromatic N) is 1. The van der Waals surface area contributed by atoms with Gasteiger partial charge >= 0.3 is 197 Å². The number of nitrogens with one attached hydrogen (secondary N) is 2. The predicted molar refractivity (Wildman–Crippen MR) is 132 cm³/mol. The molecular weight excluding hydrogens is 538 g/mol. The quantitative estimate of drug-likeness (QED) is 0.220. The first-order valence-electron chi connectivity index (χ1n) is 9.83. The summed E-state index contributed by atoms with van der Waals surface area (Å²) in [5, 5.41) is 7.90. The second-order valence-electron chi connectivity index (χ2n) is 7.97. The van der Waals surface area contributed by atoms with Crippen molar-refractivity contribution in [2.24, 2.45) is 0 Å². The van der Waals surface area contributed by atoms with Gasteiger partial charge < -0.3 is 0 Å². The monoisotopic (exact) mass is 559 g/mol. The van der Waals surface area contributed by atoms with Crippen LogP contribution in [0.4, 0.5) is 15.1 Å². The van der Waals surface area contributed by atoms with Gasteiger partial charge in [0, 0.05) is 0 Å². The van der Waals surface area contributed by atoms with Crippen LogP contribution in [0.25, 0.3) is 6.08 Å². The molecule has 2 aliphatic heterocycles. The number of hydrogen-bond donors (Lipinski definition) is 2. The zero-order valence-electron chi connectivity index (χ0n) is 16.9. The Labute approximate surface area is 196 Å². The maximum atomic E-state index is 12.2. The molecule has 3 heterocycles. The van der Waals surface area contributed by atoms with Crippen LogP contribution in [0.2, 0.25) is 13.1 Å². The molecule has 2 amide bonds. The van der Waals surface area contributed by atoms with Gasteiger partial charge in [-0.25, -0.2) is 0 Å². The number of thiocarbonyl (C=S) groups is 1.